The van der Waals surface area contributed by atoms with Crippen LogP contribution in [-0.2, 0) is 16.0 Å². The number of esters is 1. The lowest BCUT2D eigenvalue weighted by Gasteiger charge is -2.26. The highest BCUT2D eigenvalue weighted by Crippen LogP contribution is 2.30. The van der Waals surface area contributed by atoms with Crippen LogP contribution in [0.3, 0.4) is 0 Å². The van der Waals surface area contributed by atoms with E-state index in [4.69, 9.17) is 14.9 Å². The van der Waals surface area contributed by atoms with E-state index in [1.807, 2.05) is 13.0 Å². The van der Waals surface area contributed by atoms with Crippen molar-refractivity contribution < 1.29 is 19.1 Å². The van der Waals surface area contributed by atoms with E-state index < -0.39 is 6.29 Å². The number of nitrogens with one attached hydrogen (secondary N) is 2. The molecule has 0 saturated heterocycles. The van der Waals surface area contributed by atoms with Gasteiger partial charge in [0.15, 0.2) is 0 Å². The summed E-state index contributed by atoms with van der Waals surface area (Å²) in [7, 11) is 3.61. The normalized spacial score (nSPS) is 14.8. The molecule has 2 aromatic rings. The van der Waals surface area contributed by atoms with Crippen molar-refractivity contribution in [2.24, 2.45) is 0 Å². The molecule has 30 heavy (non-hydrogen) atoms. The number of nitrogens with zero attached hydrogens (tertiary/aromatic N) is 1. The number of ether oxygens (including phenoxy) is 2. The van der Waals surface area contributed by atoms with Crippen LogP contribution >= 0.6 is 0 Å². The molecule has 1 heterocycles. The quantitative estimate of drug-likeness (QED) is 0.430. The predicted molar refractivity (Wildman–Crippen MR) is 115 cm³/mol. The molecule has 2 N–H and O–H groups in total. The summed E-state index contributed by atoms with van der Waals surface area (Å²) >= 11 is 0. The van der Waals surface area contributed by atoms with E-state index in [0.717, 1.165) is 17.5 Å². The van der Waals surface area contributed by atoms with Gasteiger partial charge in [0.1, 0.15) is 11.6 Å². The minimum Gasteiger partial charge on any atom is -0.454 e. The summed E-state index contributed by atoms with van der Waals surface area (Å²) < 4.78 is 11.1. The zero-order chi connectivity index (χ0) is 21.7. The highest BCUT2D eigenvalue weighted by atomic mass is 16.7. The van der Waals surface area contributed by atoms with Crippen molar-refractivity contribution in [2.45, 2.75) is 38.9 Å². The fourth-order valence-corrected chi connectivity index (χ4v) is 3.18. The molecule has 0 bridgehead atoms. The molecule has 1 unspecified atom stereocenters. The van der Waals surface area contributed by atoms with Gasteiger partial charge in [0.25, 0.3) is 5.91 Å². The van der Waals surface area contributed by atoms with E-state index in [1.54, 1.807) is 55.4 Å². The molecule has 7 heteroatoms. The second-order valence-electron chi connectivity index (χ2n) is 7.42. The van der Waals surface area contributed by atoms with Crippen LogP contribution in [0.5, 0.6) is 5.75 Å². The Labute approximate surface area is 176 Å². The molecule has 7 nitrogen and oxygen atoms in total. The number of anilines is 1. The Bertz CT molecular complexity index is 938. The summed E-state index contributed by atoms with van der Waals surface area (Å²) in [6.07, 6.45) is 1.85. The molecule has 1 aliphatic rings. The van der Waals surface area contributed by atoms with Crippen molar-refractivity contribution in [2.75, 3.05) is 19.4 Å². The van der Waals surface area contributed by atoms with Gasteiger partial charge < -0.3 is 19.7 Å². The van der Waals surface area contributed by atoms with Gasteiger partial charge in [0.2, 0.25) is 6.29 Å². The van der Waals surface area contributed by atoms with Gasteiger partial charge in [-0.05, 0) is 48.7 Å². The van der Waals surface area contributed by atoms with Crippen LogP contribution in [0.15, 0.2) is 42.5 Å². The van der Waals surface area contributed by atoms with Crippen LogP contribution in [0.25, 0.3) is 0 Å². The molecular formula is C23H27N3O4. The SMILES string of the molecule is CCCC(=O)OC1CCc2cc(NC(=O)c3ccc(C(=N)N(C)C)cc3)ccc2O1. The van der Waals surface area contributed by atoms with Gasteiger partial charge in [-0.3, -0.25) is 15.0 Å². The molecular weight excluding hydrogens is 382 g/mol. The monoisotopic (exact) mass is 409 g/mol. The zero-order valence-corrected chi connectivity index (χ0v) is 17.5. The number of fused-ring (bicyclic) bond motifs is 1. The number of aryl methyl sites for hydroxylation is 1. The molecule has 1 aliphatic heterocycles. The molecule has 0 saturated carbocycles. The molecule has 1 amide bonds. The second kappa shape index (κ2) is 9.43. The maximum absolute atomic E-state index is 12.6. The van der Waals surface area contributed by atoms with Crippen molar-refractivity contribution in [3.63, 3.8) is 0 Å². The number of carbonyl (C=O) groups is 2. The zero-order valence-electron chi connectivity index (χ0n) is 17.5. The lowest BCUT2D eigenvalue weighted by molar-refractivity contribution is -0.165. The molecule has 0 fully saturated rings. The molecule has 158 valence electrons. The molecule has 0 aromatic heterocycles. The first kappa shape index (κ1) is 21.4. The van der Waals surface area contributed by atoms with Crippen molar-refractivity contribution in [3.8, 4) is 5.75 Å². The van der Waals surface area contributed by atoms with Crippen LogP contribution in [0.1, 0.15) is 47.7 Å². The highest BCUT2D eigenvalue weighted by molar-refractivity contribution is 6.05. The Morgan fingerprint density at radius 2 is 1.87 bits per heavy atom. The summed E-state index contributed by atoms with van der Waals surface area (Å²) in [5.74, 6) is 0.581. The van der Waals surface area contributed by atoms with Gasteiger partial charge in [-0.15, -0.1) is 0 Å². The molecule has 0 aliphatic carbocycles. The standard InChI is InChI=1S/C23H27N3O4/c1-4-5-20(27)30-21-13-10-17-14-18(11-12-19(17)29-21)25-23(28)16-8-6-15(7-9-16)22(24)26(2)3/h6-9,11-12,14,21,24H,4-5,10,13H2,1-3H3,(H,25,28). The predicted octanol–water partition coefficient (Wildman–Crippen LogP) is 3.82. The Balaban J connectivity index is 1.62. The Kier molecular flexibility index (Phi) is 6.72. The summed E-state index contributed by atoms with van der Waals surface area (Å²) in [6.45, 7) is 1.93. The van der Waals surface area contributed by atoms with Crippen LogP contribution in [-0.4, -0.2) is 43.0 Å². The van der Waals surface area contributed by atoms with E-state index in [-0.39, 0.29) is 11.9 Å². The van der Waals surface area contributed by atoms with E-state index in [0.29, 0.717) is 42.1 Å². The third-order valence-electron chi connectivity index (χ3n) is 4.81. The van der Waals surface area contributed by atoms with Gasteiger partial charge in [-0.25, -0.2) is 0 Å². The molecule has 2 aromatic carbocycles. The number of hydrogen-bond donors (Lipinski definition) is 2. The van der Waals surface area contributed by atoms with Crippen molar-refractivity contribution in [1.82, 2.24) is 4.90 Å². The van der Waals surface area contributed by atoms with Gasteiger partial charge >= 0.3 is 5.97 Å². The number of hydrogen-bond acceptors (Lipinski definition) is 5. The summed E-state index contributed by atoms with van der Waals surface area (Å²) in [6, 6.07) is 12.4. The van der Waals surface area contributed by atoms with Gasteiger partial charge in [0, 0.05) is 43.8 Å². The fourth-order valence-electron chi connectivity index (χ4n) is 3.18. The number of amidine groups is 1. The van der Waals surface area contributed by atoms with Crippen molar-refractivity contribution in [3.05, 3.63) is 59.2 Å². The van der Waals surface area contributed by atoms with Crippen LogP contribution in [0.4, 0.5) is 5.69 Å². The summed E-state index contributed by atoms with van der Waals surface area (Å²) in [5.41, 5.74) is 2.90. The molecule has 0 radical (unpaired) electrons. The third kappa shape index (κ3) is 5.17. The smallest absolute Gasteiger partial charge is 0.308 e. The minimum atomic E-state index is -0.559. The lowest BCUT2D eigenvalue weighted by atomic mass is 10.0. The average Bonchev–Trinajstić information content (AvgIpc) is 2.73. The topological polar surface area (TPSA) is 91.7 Å². The number of benzene rings is 2. The first-order valence-corrected chi connectivity index (χ1v) is 10.0. The molecule has 3 rings (SSSR count). The fraction of sp³-hybridized carbons (Fsp3) is 0.348. The minimum absolute atomic E-state index is 0.221. The van der Waals surface area contributed by atoms with E-state index in [2.05, 4.69) is 5.32 Å². The Morgan fingerprint density at radius 3 is 2.53 bits per heavy atom. The van der Waals surface area contributed by atoms with Gasteiger partial charge in [-0.2, -0.15) is 0 Å². The van der Waals surface area contributed by atoms with E-state index >= 15 is 0 Å². The second-order valence-corrected chi connectivity index (χ2v) is 7.42. The van der Waals surface area contributed by atoms with Crippen molar-refractivity contribution in [1.29, 1.82) is 5.41 Å². The third-order valence-corrected chi connectivity index (χ3v) is 4.81. The van der Waals surface area contributed by atoms with Crippen LogP contribution in [0.2, 0.25) is 0 Å². The highest BCUT2D eigenvalue weighted by Gasteiger charge is 2.23. The number of rotatable bonds is 6. The van der Waals surface area contributed by atoms with Gasteiger partial charge in [0.05, 0.1) is 0 Å². The van der Waals surface area contributed by atoms with E-state index in [1.165, 1.54) is 0 Å². The van der Waals surface area contributed by atoms with Crippen LogP contribution in [0, 0.1) is 5.41 Å². The largest absolute Gasteiger partial charge is 0.454 e. The summed E-state index contributed by atoms with van der Waals surface area (Å²) in [5, 5.41) is 10.9. The molecule has 1 atom stereocenters. The Morgan fingerprint density at radius 1 is 1.17 bits per heavy atom. The number of carbonyl (C=O) groups excluding carboxylic acids is 2. The maximum Gasteiger partial charge on any atom is 0.308 e. The van der Waals surface area contributed by atoms with Crippen LogP contribution < -0.4 is 10.1 Å². The summed E-state index contributed by atoms with van der Waals surface area (Å²) in [4.78, 5) is 25.9. The van der Waals surface area contributed by atoms with E-state index in [9.17, 15) is 9.59 Å². The lowest BCUT2D eigenvalue weighted by Crippen LogP contribution is -2.28. The number of amides is 1. The first-order valence-electron chi connectivity index (χ1n) is 10.0. The molecule has 0 spiro atoms. The Hall–Kier alpha value is -3.35. The first-order chi connectivity index (χ1) is 14.4. The average molecular weight is 409 g/mol. The van der Waals surface area contributed by atoms with Crippen molar-refractivity contribution >= 4 is 23.4 Å². The van der Waals surface area contributed by atoms with Gasteiger partial charge in [-0.1, -0.05) is 19.1 Å². The maximum atomic E-state index is 12.6.